The number of rotatable bonds is 9. The van der Waals surface area contributed by atoms with Crippen LogP contribution in [0.25, 0.3) is 0 Å². The Labute approximate surface area is 167 Å². The van der Waals surface area contributed by atoms with Crippen molar-refractivity contribution in [2.75, 3.05) is 6.61 Å². The molecule has 0 aliphatic heterocycles. The Morgan fingerprint density at radius 2 is 1.61 bits per heavy atom. The van der Waals surface area contributed by atoms with Crippen LogP contribution in [0, 0.1) is 0 Å². The van der Waals surface area contributed by atoms with Gasteiger partial charge in [0, 0.05) is 12.6 Å². The number of ether oxygens (including phenoxy) is 1. The minimum Gasteiger partial charge on any atom is -0.484 e. The van der Waals surface area contributed by atoms with Gasteiger partial charge in [-0.3, -0.25) is 9.59 Å². The number of benzene rings is 2. The van der Waals surface area contributed by atoms with E-state index in [1.807, 2.05) is 68.4 Å². The molecule has 2 aromatic rings. The smallest absolute Gasteiger partial charge is 0.261 e. The Bertz CT molecular complexity index is 757. The maximum atomic E-state index is 12.9. The molecule has 0 aliphatic carbocycles. The zero-order valence-corrected chi connectivity index (χ0v) is 17.1. The van der Waals surface area contributed by atoms with Crippen molar-refractivity contribution in [1.82, 2.24) is 10.2 Å². The van der Waals surface area contributed by atoms with Crippen molar-refractivity contribution in [2.24, 2.45) is 0 Å². The van der Waals surface area contributed by atoms with Gasteiger partial charge in [-0.15, -0.1) is 0 Å². The summed E-state index contributed by atoms with van der Waals surface area (Å²) in [4.78, 5) is 26.9. The number of hydrogen-bond donors (Lipinski definition) is 1. The predicted molar refractivity (Wildman–Crippen MR) is 111 cm³/mol. The van der Waals surface area contributed by atoms with Crippen molar-refractivity contribution in [3.05, 3.63) is 65.7 Å². The minimum absolute atomic E-state index is 0.0111. The Morgan fingerprint density at radius 1 is 0.964 bits per heavy atom. The summed E-state index contributed by atoms with van der Waals surface area (Å²) in [5.41, 5.74) is 2.18. The lowest BCUT2D eigenvalue weighted by molar-refractivity contribution is -0.142. The summed E-state index contributed by atoms with van der Waals surface area (Å²) in [7, 11) is 0. The molecule has 0 bridgehead atoms. The third-order valence-corrected chi connectivity index (χ3v) is 4.49. The van der Waals surface area contributed by atoms with Gasteiger partial charge in [0.2, 0.25) is 5.91 Å². The molecule has 2 aromatic carbocycles. The van der Waals surface area contributed by atoms with Crippen LogP contribution in [-0.4, -0.2) is 35.4 Å². The van der Waals surface area contributed by atoms with Crippen molar-refractivity contribution < 1.29 is 14.3 Å². The molecule has 0 heterocycles. The first kappa shape index (κ1) is 21.5. The summed E-state index contributed by atoms with van der Waals surface area (Å²) < 4.78 is 5.67. The Kier molecular flexibility index (Phi) is 8.05. The molecule has 2 rings (SSSR count). The van der Waals surface area contributed by atoms with Crippen molar-refractivity contribution in [3.8, 4) is 5.75 Å². The quantitative estimate of drug-likeness (QED) is 0.721. The predicted octanol–water partition coefficient (Wildman–Crippen LogP) is 3.57. The molecule has 2 amide bonds. The van der Waals surface area contributed by atoms with Crippen molar-refractivity contribution in [1.29, 1.82) is 0 Å². The summed E-state index contributed by atoms with van der Waals surface area (Å²) in [5.74, 6) is 0.242. The monoisotopic (exact) mass is 382 g/mol. The topological polar surface area (TPSA) is 58.6 Å². The van der Waals surface area contributed by atoms with E-state index >= 15 is 0 Å². The van der Waals surface area contributed by atoms with E-state index < -0.39 is 6.04 Å². The first-order valence-electron chi connectivity index (χ1n) is 9.76. The van der Waals surface area contributed by atoms with E-state index in [2.05, 4.69) is 12.2 Å². The number of amides is 2. The van der Waals surface area contributed by atoms with E-state index in [4.69, 9.17) is 4.74 Å². The zero-order valence-electron chi connectivity index (χ0n) is 17.1. The molecule has 150 valence electrons. The third kappa shape index (κ3) is 6.41. The lowest BCUT2D eigenvalue weighted by atomic mass is 10.1. The van der Waals surface area contributed by atoms with Gasteiger partial charge in [-0.2, -0.15) is 0 Å². The number of nitrogens with one attached hydrogen (secondary N) is 1. The van der Waals surface area contributed by atoms with Crippen molar-refractivity contribution in [2.45, 2.75) is 52.7 Å². The van der Waals surface area contributed by atoms with Gasteiger partial charge in [-0.25, -0.2) is 0 Å². The number of hydrogen-bond acceptors (Lipinski definition) is 3. The van der Waals surface area contributed by atoms with Gasteiger partial charge in [0.15, 0.2) is 6.61 Å². The molecule has 1 atom stereocenters. The van der Waals surface area contributed by atoms with E-state index in [1.54, 1.807) is 11.8 Å². The van der Waals surface area contributed by atoms with Gasteiger partial charge in [-0.05, 0) is 50.5 Å². The van der Waals surface area contributed by atoms with Gasteiger partial charge < -0.3 is 15.0 Å². The normalized spacial score (nSPS) is 11.8. The Hall–Kier alpha value is -2.82. The summed E-state index contributed by atoms with van der Waals surface area (Å²) >= 11 is 0. The molecule has 0 radical (unpaired) electrons. The highest BCUT2D eigenvalue weighted by molar-refractivity contribution is 5.88. The molecule has 0 spiro atoms. The maximum absolute atomic E-state index is 12.9. The molecule has 5 nitrogen and oxygen atoms in total. The Morgan fingerprint density at radius 3 is 2.18 bits per heavy atom. The molecule has 5 heteroatoms. The highest BCUT2D eigenvalue weighted by Gasteiger charge is 2.26. The van der Waals surface area contributed by atoms with E-state index in [0.717, 1.165) is 12.0 Å². The minimum atomic E-state index is -0.596. The molecular formula is C23H30N2O3. The zero-order chi connectivity index (χ0) is 20.5. The van der Waals surface area contributed by atoms with Crippen LogP contribution in [-0.2, 0) is 22.6 Å². The van der Waals surface area contributed by atoms with E-state index in [9.17, 15) is 9.59 Å². The van der Waals surface area contributed by atoms with Gasteiger partial charge in [-0.1, -0.05) is 49.4 Å². The number of nitrogens with zero attached hydrogens (tertiary/aromatic N) is 1. The molecular weight excluding hydrogens is 352 g/mol. The Balaban J connectivity index is 2.09. The fourth-order valence-corrected chi connectivity index (χ4v) is 2.82. The molecule has 0 unspecified atom stereocenters. The van der Waals surface area contributed by atoms with Gasteiger partial charge in [0.1, 0.15) is 11.8 Å². The summed E-state index contributed by atoms with van der Waals surface area (Å²) in [6.07, 6.45) is 0.951. The summed E-state index contributed by atoms with van der Waals surface area (Å²) in [6.45, 7) is 7.87. The number of carbonyl (C=O) groups excluding carboxylic acids is 2. The summed E-state index contributed by atoms with van der Waals surface area (Å²) in [6, 6.07) is 16.8. The van der Waals surface area contributed by atoms with Crippen LogP contribution in [0.15, 0.2) is 54.6 Å². The molecule has 0 saturated heterocycles. The second-order valence-corrected chi connectivity index (χ2v) is 7.13. The lowest BCUT2D eigenvalue weighted by Gasteiger charge is -2.29. The standard InChI is InChI=1S/C23H30N2O3/c1-5-19-11-13-21(14-12-19)28-16-22(26)25(15-20-9-7-6-8-10-20)18(4)23(27)24-17(2)3/h6-14,17-18H,5,15-16H2,1-4H3,(H,24,27)/t18-/m0/s1. The fraction of sp³-hybridized carbons (Fsp3) is 0.391. The van der Waals surface area contributed by atoms with Crippen LogP contribution in [0.3, 0.4) is 0 Å². The largest absolute Gasteiger partial charge is 0.484 e. The molecule has 0 aromatic heterocycles. The highest BCUT2D eigenvalue weighted by Crippen LogP contribution is 2.14. The SMILES string of the molecule is CCc1ccc(OCC(=O)N(Cc2ccccc2)[C@@H](C)C(=O)NC(C)C)cc1. The summed E-state index contributed by atoms with van der Waals surface area (Å²) in [5, 5.41) is 2.88. The van der Waals surface area contributed by atoms with Crippen LogP contribution in [0.1, 0.15) is 38.8 Å². The highest BCUT2D eigenvalue weighted by atomic mass is 16.5. The first-order valence-corrected chi connectivity index (χ1v) is 9.76. The van der Waals surface area contributed by atoms with Gasteiger partial charge >= 0.3 is 0 Å². The third-order valence-electron chi connectivity index (χ3n) is 4.49. The van der Waals surface area contributed by atoms with E-state index in [1.165, 1.54) is 5.56 Å². The van der Waals surface area contributed by atoms with Gasteiger partial charge in [0.05, 0.1) is 0 Å². The van der Waals surface area contributed by atoms with Crippen molar-refractivity contribution >= 4 is 11.8 Å². The van der Waals surface area contributed by atoms with Crippen LogP contribution < -0.4 is 10.1 Å². The second-order valence-electron chi connectivity index (χ2n) is 7.13. The first-order chi connectivity index (χ1) is 13.4. The van der Waals surface area contributed by atoms with E-state index in [-0.39, 0.29) is 24.5 Å². The average Bonchev–Trinajstić information content (AvgIpc) is 2.70. The molecule has 0 saturated carbocycles. The number of aryl methyl sites for hydroxylation is 1. The number of carbonyl (C=O) groups is 2. The molecule has 0 aliphatic rings. The second kappa shape index (κ2) is 10.5. The van der Waals surface area contributed by atoms with Crippen LogP contribution >= 0.6 is 0 Å². The molecule has 28 heavy (non-hydrogen) atoms. The van der Waals surface area contributed by atoms with E-state index in [0.29, 0.717) is 12.3 Å². The fourth-order valence-electron chi connectivity index (χ4n) is 2.82. The van der Waals surface area contributed by atoms with Crippen LogP contribution in [0.5, 0.6) is 5.75 Å². The maximum Gasteiger partial charge on any atom is 0.261 e. The molecule has 0 fully saturated rings. The van der Waals surface area contributed by atoms with Crippen LogP contribution in [0.4, 0.5) is 0 Å². The molecule has 1 N–H and O–H groups in total. The van der Waals surface area contributed by atoms with Gasteiger partial charge in [0.25, 0.3) is 5.91 Å². The van der Waals surface area contributed by atoms with Crippen LogP contribution in [0.2, 0.25) is 0 Å². The average molecular weight is 383 g/mol. The van der Waals surface area contributed by atoms with Crippen molar-refractivity contribution in [3.63, 3.8) is 0 Å². The lowest BCUT2D eigenvalue weighted by Crippen LogP contribution is -2.50.